The molecule has 0 saturated carbocycles. The highest BCUT2D eigenvalue weighted by atomic mass is 16.5. The van der Waals surface area contributed by atoms with Crippen LogP contribution < -0.4 is 10.1 Å². The molecule has 5 heteroatoms. The average molecular weight is 328 g/mol. The van der Waals surface area contributed by atoms with Gasteiger partial charge in [0.1, 0.15) is 11.5 Å². The average Bonchev–Trinajstić information content (AvgIpc) is 3.24. The van der Waals surface area contributed by atoms with Gasteiger partial charge >= 0.3 is 0 Å². The maximum Gasteiger partial charge on any atom is 0.237 e. The largest absolute Gasteiger partial charge is 0.496 e. The predicted octanol–water partition coefficient (Wildman–Crippen LogP) is 2.88. The number of methoxy groups -OCH3 is 1. The van der Waals surface area contributed by atoms with Gasteiger partial charge in [0.25, 0.3) is 0 Å². The fraction of sp³-hybridized carbons (Fsp3) is 0.421. The van der Waals surface area contributed by atoms with E-state index in [1.54, 1.807) is 13.4 Å². The Hall–Kier alpha value is -2.27. The Kier molecular flexibility index (Phi) is 5.20. The number of nitrogens with zero attached hydrogens (tertiary/aromatic N) is 1. The number of nitrogens with one attached hydrogen (secondary N) is 1. The molecule has 0 unspecified atom stereocenters. The van der Waals surface area contributed by atoms with Crippen molar-refractivity contribution in [3.05, 3.63) is 53.5 Å². The molecule has 24 heavy (non-hydrogen) atoms. The zero-order valence-electron chi connectivity index (χ0n) is 14.2. The molecule has 2 aromatic rings. The van der Waals surface area contributed by atoms with E-state index in [1.165, 1.54) is 5.56 Å². The van der Waals surface area contributed by atoms with Crippen molar-refractivity contribution in [3.8, 4) is 5.75 Å². The third-order valence-corrected chi connectivity index (χ3v) is 4.49. The monoisotopic (exact) mass is 328 g/mol. The Morgan fingerprint density at radius 2 is 2.29 bits per heavy atom. The summed E-state index contributed by atoms with van der Waals surface area (Å²) in [5.41, 5.74) is 2.33. The van der Waals surface area contributed by atoms with Crippen LogP contribution in [0.15, 0.2) is 41.0 Å². The molecule has 1 amide bonds. The van der Waals surface area contributed by atoms with Crippen molar-refractivity contribution < 1.29 is 13.9 Å². The molecule has 1 N–H and O–H groups in total. The number of carbonyl (C=O) groups is 1. The van der Waals surface area contributed by atoms with Crippen molar-refractivity contribution in [2.75, 3.05) is 13.7 Å². The van der Waals surface area contributed by atoms with E-state index < -0.39 is 0 Å². The van der Waals surface area contributed by atoms with Crippen molar-refractivity contribution >= 4 is 5.91 Å². The van der Waals surface area contributed by atoms with Gasteiger partial charge in [-0.05, 0) is 44.5 Å². The van der Waals surface area contributed by atoms with Crippen molar-refractivity contribution in [2.24, 2.45) is 0 Å². The van der Waals surface area contributed by atoms with E-state index in [9.17, 15) is 4.79 Å². The minimum absolute atomic E-state index is 0.0653. The summed E-state index contributed by atoms with van der Waals surface area (Å²) in [4.78, 5) is 14.8. The van der Waals surface area contributed by atoms with Crippen LogP contribution in [0.1, 0.15) is 29.7 Å². The topological polar surface area (TPSA) is 54.7 Å². The number of likely N-dealkylation sites (tertiary alicyclic amines) is 1. The minimum atomic E-state index is -0.0924. The molecule has 1 aromatic carbocycles. The third-order valence-electron chi connectivity index (χ3n) is 4.49. The molecule has 0 spiro atoms. The van der Waals surface area contributed by atoms with Crippen LogP contribution in [0.5, 0.6) is 5.75 Å². The molecular formula is C19H24N2O3. The smallest absolute Gasteiger partial charge is 0.237 e. The Morgan fingerprint density at radius 1 is 1.42 bits per heavy atom. The van der Waals surface area contributed by atoms with Crippen LogP contribution in [0, 0.1) is 6.92 Å². The van der Waals surface area contributed by atoms with Crippen LogP contribution in [0.4, 0.5) is 0 Å². The van der Waals surface area contributed by atoms with E-state index in [0.29, 0.717) is 6.54 Å². The van der Waals surface area contributed by atoms with Crippen LogP contribution >= 0.6 is 0 Å². The van der Waals surface area contributed by atoms with Gasteiger partial charge in [-0.1, -0.05) is 17.7 Å². The summed E-state index contributed by atoms with van der Waals surface area (Å²) in [6.45, 7) is 4.16. The number of furan rings is 1. The minimum Gasteiger partial charge on any atom is -0.496 e. The van der Waals surface area contributed by atoms with Gasteiger partial charge < -0.3 is 14.5 Å². The summed E-state index contributed by atoms with van der Waals surface area (Å²) in [7, 11) is 1.69. The highest BCUT2D eigenvalue weighted by Gasteiger charge is 2.31. The van der Waals surface area contributed by atoms with Crippen LogP contribution in [0.3, 0.4) is 0 Å². The number of benzene rings is 1. The number of carbonyl (C=O) groups excluding carboxylic acids is 1. The van der Waals surface area contributed by atoms with E-state index >= 15 is 0 Å². The maximum atomic E-state index is 12.5. The van der Waals surface area contributed by atoms with Gasteiger partial charge in [0.05, 0.1) is 26.0 Å². The van der Waals surface area contributed by atoms with Gasteiger partial charge in [-0.3, -0.25) is 9.69 Å². The lowest BCUT2D eigenvalue weighted by atomic mass is 10.1. The van der Waals surface area contributed by atoms with Crippen molar-refractivity contribution in [1.29, 1.82) is 0 Å². The Morgan fingerprint density at radius 3 is 3.04 bits per heavy atom. The normalized spacial score (nSPS) is 17.8. The molecule has 3 rings (SSSR count). The van der Waals surface area contributed by atoms with E-state index in [0.717, 1.165) is 43.0 Å². The number of amides is 1. The SMILES string of the molecule is COc1ccc(C)cc1CN1CCC[C@H]1C(=O)NCc1ccco1. The van der Waals surface area contributed by atoms with E-state index in [4.69, 9.17) is 9.15 Å². The number of hydrogen-bond donors (Lipinski definition) is 1. The Bertz CT molecular complexity index is 682. The molecule has 1 aliphatic heterocycles. The van der Waals surface area contributed by atoms with Gasteiger partial charge in [0, 0.05) is 12.1 Å². The first kappa shape index (κ1) is 16.6. The van der Waals surface area contributed by atoms with Gasteiger partial charge in [-0.15, -0.1) is 0 Å². The third kappa shape index (κ3) is 3.79. The fourth-order valence-electron chi connectivity index (χ4n) is 3.27. The first-order chi connectivity index (χ1) is 11.7. The van der Waals surface area contributed by atoms with E-state index in [2.05, 4.69) is 23.2 Å². The second-order valence-corrected chi connectivity index (χ2v) is 6.24. The highest BCUT2D eigenvalue weighted by Crippen LogP contribution is 2.26. The lowest BCUT2D eigenvalue weighted by Crippen LogP contribution is -2.42. The molecular weight excluding hydrogens is 304 g/mol. The fourth-order valence-corrected chi connectivity index (χ4v) is 3.27. The molecule has 1 aliphatic rings. The molecule has 5 nitrogen and oxygen atoms in total. The summed E-state index contributed by atoms with van der Waals surface area (Å²) < 4.78 is 10.7. The summed E-state index contributed by atoms with van der Waals surface area (Å²) in [6.07, 6.45) is 3.54. The number of rotatable bonds is 6. The number of aryl methyl sites for hydroxylation is 1. The lowest BCUT2D eigenvalue weighted by molar-refractivity contribution is -0.125. The number of ether oxygens (including phenoxy) is 1. The van der Waals surface area contributed by atoms with E-state index in [1.807, 2.05) is 24.3 Å². The highest BCUT2D eigenvalue weighted by molar-refractivity contribution is 5.82. The van der Waals surface area contributed by atoms with Crippen LogP contribution in [0.25, 0.3) is 0 Å². The molecule has 1 aromatic heterocycles. The molecule has 2 heterocycles. The van der Waals surface area contributed by atoms with Crippen LogP contribution in [-0.4, -0.2) is 30.5 Å². The van der Waals surface area contributed by atoms with Crippen molar-refractivity contribution in [3.63, 3.8) is 0 Å². The first-order valence-corrected chi connectivity index (χ1v) is 8.35. The molecule has 0 bridgehead atoms. The second-order valence-electron chi connectivity index (χ2n) is 6.24. The zero-order chi connectivity index (χ0) is 16.9. The van der Waals surface area contributed by atoms with Gasteiger partial charge in [-0.25, -0.2) is 0 Å². The second kappa shape index (κ2) is 7.53. The molecule has 128 valence electrons. The standard InChI is InChI=1S/C19H24N2O3/c1-14-7-8-18(23-2)15(11-14)13-21-9-3-6-17(21)19(22)20-12-16-5-4-10-24-16/h4-5,7-8,10-11,17H,3,6,9,12-13H2,1-2H3,(H,20,22)/t17-/m0/s1. The summed E-state index contributed by atoms with van der Waals surface area (Å²) in [5, 5.41) is 2.98. The first-order valence-electron chi connectivity index (χ1n) is 8.35. The van der Waals surface area contributed by atoms with Gasteiger partial charge in [0.2, 0.25) is 5.91 Å². The summed E-state index contributed by atoms with van der Waals surface area (Å²) in [6, 6.07) is 9.77. The Balaban J connectivity index is 1.64. The molecule has 0 aliphatic carbocycles. The van der Waals surface area contributed by atoms with Gasteiger partial charge in [0.15, 0.2) is 0 Å². The number of hydrogen-bond acceptors (Lipinski definition) is 4. The molecule has 1 fully saturated rings. The summed E-state index contributed by atoms with van der Waals surface area (Å²) >= 11 is 0. The molecule has 1 atom stereocenters. The van der Waals surface area contributed by atoms with Gasteiger partial charge in [-0.2, -0.15) is 0 Å². The Labute approximate surface area is 142 Å². The predicted molar refractivity (Wildman–Crippen MR) is 91.7 cm³/mol. The molecule has 0 radical (unpaired) electrons. The van der Waals surface area contributed by atoms with Crippen molar-refractivity contribution in [2.45, 2.75) is 38.9 Å². The zero-order valence-corrected chi connectivity index (χ0v) is 14.2. The molecule has 1 saturated heterocycles. The van der Waals surface area contributed by atoms with E-state index in [-0.39, 0.29) is 11.9 Å². The quantitative estimate of drug-likeness (QED) is 0.886. The van der Waals surface area contributed by atoms with Crippen molar-refractivity contribution in [1.82, 2.24) is 10.2 Å². The maximum absolute atomic E-state index is 12.5. The van der Waals surface area contributed by atoms with Crippen LogP contribution in [0.2, 0.25) is 0 Å². The van der Waals surface area contributed by atoms with Crippen LogP contribution in [-0.2, 0) is 17.9 Å². The lowest BCUT2D eigenvalue weighted by Gasteiger charge is -2.24. The summed E-state index contributed by atoms with van der Waals surface area (Å²) in [5.74, 6) is 1.71.